The van der Waals surface area contributed by atoms with E-state index in [1.807, 2.05) is 34.8 Å². The molecule has 0 radical (unpaired) electrons. The molecule has 0 amide bonds. The van der Waals surface area contributed by atoms with Gasteiger partial charge in [-0.15, -0.1) is 5.10 Å². The zero-order chi connectivity index (χ0) is 37.5. The molecule has 0 N–H and O–H groups in total. The van der Waals surface area contributed by atoms with E-state index in [0.29, 0.717) is 11.6 Å². The third-order valence-electron chi connectivity index (χ3n) is 11.3. The van der Waals surface area contributed by atoms with Crippen molar-refractivity contribution < 1.29 is 0 Å². The number of nitrogens with zero attached hydrogens (tertiary/aromatic N) is 6. The van der Waals surface area contributed by atoms with Crippen LogP contribution in [0.3, 0.4) is 0 Å². The first kappa shape index (κ1) is 31.5. The molecule has 0 saturated heterocycles. The maximum absolute atomic E-state index is 5.06. The van der Waals surface area contributed by atoms with Gasteiger partial charge in [0.25, 0.3) is 5.78 Å². The third-order valence-corrected chi connectivity index (χ3v) is 11.3. The van der Waals surface area contributed by atoms with Crippen LogP contribution < -0.4 is 0 Å². The molecule has 12 aromatic rings. The van der Waals surface area contributed by atoms with Crippen molar-refractivity contribution in [3.8, 4) is 45.1 Å². The predicted octanol–water partition coefficient (Wildman–Crippen LogP) is 12.5. The lowest BCUT2D eigenvalue weighted by atomic mass is 10.1. The second-order valence-electron chi connectivity index (χ2n) is 14.5. The van der Waals surface area contributed by atoms with Crippen LogP contribution in [0, 0.1) is 0 Å². The number of hydrogen-bond acceptors (Lipinski definition) is 3. The molecule has 0 aliphatic heterocycles. The highest BCUT2D eigenvalue weighted by Gasteiger charge is 2.20. The second kappa shape index (κ2) is 12.3. The molecule has 266 valence electrons. The van der Waals surface area contributed by atoms with E-state index in [-0.39, 0.29) is 0 Å². The molecular formula is C51H32N6. The molecule has 0 aliphatic rings. The van der Waals surface area contributed by atoms with E-state index in [1.165, 1.54) is 43.7 Å². The van der Waals surface area contributed by atoms with Crippen LogP contribution in [0.15, 0.2) is 194 Å². The average molecular weight is 729 g/mol. The number of hydrogen-bond donors (Lipinski definition) is 0. The van der Waals surface area contributed by atoms with Gasteiger partial charge in [0.05, 0.1) is 33.3 Å². The van der Waals surface area contributed by atoms with Crippen LogP contribution in [-0.2, 0) is 0 Å². The molecule has 6 heteroatoms. The summed E-state index contributed by atoms with van der Waals surface area (Å²) in [5, 5.41) is 10.9. The van der Waals surface area contributed by atoms with Crippen molar-refractivity contribution in [2.45, 2.75) is 0 Å². The van der Waals surface area contributed by atoms with Crippen molar-refractivity contribution in [1.29, 1.82) is 0 Å². The summed E-state index contributed by atoms with van der Waals surface area (Å²) in [6.07, 6.45) is 0. The second-order valence-corrected chi connectivity index (χ2v) is 14.5. The van der Waals surface area contributed by atoms with E-state index in [1.54, 1.807) is 0 Å². The summed E-state index contributed by atoms with van der Waals surface area (Å²) in [5.74, 6) is 1.20. The Morgan fingerprint density at radius 3 is 1.44 bits per heavy atom. The molecule has 4 aromatic heterocycles. The zero-order valence-electron chi connectivity index (χ0n) is 30.7. The van der Waals surface area contributed by atoms with Gasteiger partial charge in [0.2, 0.25) is 0 Å². The van der Waals surface area contributed by atoms with E-state index in [4.69, 9.17) is 15.1 Å². The van der Waals surface area contributed by atoms with Gasteiger partial charge in [-0.05, 0) is 65.7 Å². The van der Waals surface area contributed by atoms with Crippen LogP contribution in [0.25, 0.3) is 105 Å². The minimum absolute atomic E-state index is 0.568. The Morgan fingerprint density at radius 1 is 0.316 bits per heavy atom. The van der Waals surface area contributed by atoms with Crippen LogP contribution >= 0.6 is 0 Å². The summed E-state index contributed by atoms with van der Waals surface area (Å²) in [6, 6.07) is 68.8. The first-order chi connectivity index (χ1) is 28.3. The van der Waals surface area contributed by atoms with Gasteiger partial charge in [0.1, 0.15) is 0 Å². The highest BCUT2D eigenvalue weighted by Crippen LogP contribution is 2.40. The van der Waals surface area contributed by atoms with E-state index >= 15 is 0 Å². The van der Waals surface area contributed by atoms with Crippen molar-refractivity contribution in [3.05, 3.63) is 194 Å². The minimum Gasteiger partial charge on any atom is -0.309 e. The van der Waals surface area contributed by atoms with Crippen molar-refractivity contribution in [3.63, 3.8) is 0 Å². The van der Waals surface area contributed by atoms with Gasteiger partial charge < -0.3 is 9.13 Å². The van der Waals surface area contributed by atoms with Crippen LogP contribution in [0.4, 0.5) is 0 Å². The van der Waals surface area contributed by atoms with Crippen LogP contribution in [0.1, 0.15) is 0 Å². The summed E-state index contributed by atoms with van der Waals surface area (Å²) in [4.78, 5) is 10.1. The van der Waals surface area contributed by atoms with E-state index in [2.05, 4.69) is 173 Å². The minimum atomic E-state index is 0.568. The molecule has 12 rings (SSSR count). The van der Waals surface area contributed by atoms with Gasteiger partial charge in [0.15, 0.2) is 5.82 Å². The lowest BCUT2D eigenvalue weighted by Gasteiger charge is -2.11. The number of rotatable bonds is 5. The smallest absolute Gasteiger partial charge is 0.253 e. The van der Waals surface area contributed by atoms with Crippen molar-refractivity contribution in [2.75, 3.05) is 0 Å². The fourth-order valence-corrected chi connectivity index (χ4v) is 8.72. The number of para-hydroxylation sites is 3. The van der Waals surface area contributed by atoms with Gasteiger partial charge in [-0.3, -0.25) is 0 Å². The van der Waals surface area contributed by atoms with Crippen molar-refractivity contribution in [1.82, 2.24) is 28.7 Å². The normalized spacial score (nSPS) is 11.9. The van der Waals surface area contributed by atoms with E-state index in [9.17, 15) is 0 Å². The molecule has 4 heterocycles. The SMILES string of the molecule is c1ccc(-c2cccc(-n3c4ccccc4c4cc5c(cc43)c3ccccc3n5-c3cccc(-c4nc5nc(-c6ccccc6)c6ccccc6n5n4)c3)c2)cc1. The van der Waals surface area contributed by atoms with Gasteiger partial charge in [-0.2, -0.15) is 9.50 Å². The Morgan fingerprint density at radius 2 is 0.807 bits per heavy atom. The molecule has 0 saturated carbocycles. The predicted molar refractivity (Wildman–Crippen MR) is 233 cm³/mol. The van der Waals surface area contributed by atoms with Crippen molar-refractivity contribution >= 4 is 60.3 Å². The Labute approximate surface area is 327 Å². The summed E-state index contributed by atoms with van der Waals surface area (Å²) >= 11 is 0. The summed E-state index contributed by atoms with van der Waals surface area (Å²) in [7, 11) is 0. The summed E-state index contributed by atoms with van der Waals surface area (Å²) < 4.78 is 6.66. The van der Waals surface area contributed by atoms with Gasteiger partial charge in [-0.1, -0.05) is 140 Å². The summed E-state index contributed by atoms with van der Waals surface area (Å²) in [6.45, 7) is 0. The van der Waals surface area contributed by atoms with E-state index in [0.717, 1.165) is 50.1 Å². The molecule has 0 unspecified atom stereocenters. The first-order valence-electron chi connectivity index (χ1n) is 19.2. The fourth-order valence-electron chi connectivity index (χ4n) is 8.72. The van der Waals surface area contributed by atoms with E-state index < -0.39 is 0 Å². The van der Waals surface area contributed by atoms with Gasteiger partial charge in [-0.25, -0.2) is 4.98 Å². The van der Waals surface area contributed by atoms with Gasteiger partial charge >= 0.3 is 0 Å². The summed E-state index contributed by atoms with van der Waals surface area (Å²) in [5.41, 5.74) is 13.0. The Bertz CT molecular complexity index is 3520. The molecule has 0 atom stereocenters. The molecular weight excluding hydrogens is 697 g/mol. The molecule has 57 heavy (non-hydrogen) atoms. The molecule has 0 aliphatic carbocycles. The zero-order valence-corrected chi connectivity index (χ0v) is 30.7. The maximum Gasteiger partial charge on any atom is 0.253 e. The number of benzene rings is 8. The molecule has 8 aromatic carbocycles. The maximum atomic E-state index is 5.06. The molecule has 0 spiro atoms. The Kier molecular flexibility index (Phi) is 6.83. The third kappa shape index (κ3) is 4.87. The Hall–Kier alpha value is -7.83. The number of fused-ring (bicyclic) bond motifs is 9. The average Bonchev–Trinajstić information content (AvgIpc) is 3.96. The molecule has 6 nitrogen and oxygen atoms in total. The van der Waals surface area contributed by atoms with Gasteiger partial charge in [0, 0.05) is 49.4 Å². The fraction of sp³-hybridized carbons (Fsp3) is 0. The number of aromatic nitrogens is 6. The lowest BCUT2D eigenvalue weighted by Crippen LogP contribution is -1.97. The topological polar surface area (TPSA) is 52.9 Å². The molecule has 0 bridgehead atoms. The quantitative estimate of drug-likeness (QED) is 0.177. The van der Waals surface area contributed by atoms with Crippen LogP contribution in [0.2, 0.25) is 0 Å². The standard InChI is InChI=1S/C51H32N6/c1-3-15-33(16-4-1)35-19-13-21-37(29-35)55-44-26-10-7-23-39(44)42-32-48-43(31-47(42)55)40-24-8-11-27-45(40)56(48)38-22-14-20-36(30-38)50-53-51-52-49(34-17-5-2-6-18-34)41-25-9-12-28-46(41)57(51)54-50/h1-32H. The highest BCUT2D eigenvalue weighted by molar-refractivity contribution is 6.19. The lowest BCUT2D eigenvalue weighted by molar-refractivity contribution is 0.988. The van der Waals surface area contributed by atoms with Crippen molar-refractivity contribution in [2.24, 2.45) is 0 Å². The monoisotopic (exact) mass is 728 g/mol. The van der Waals surface area contributed by atoms with Crippen LogP contribution in [0.5, 0.6) is 0 Å². The largest absolute Gasteiger partial charge is 0.309 e. The first-order valence-corrected chi connectivity index (χ1v) is 19.2. The van der Waals surface area contributed by atoms with Crippen LogP contribution in [-0.4, -0.2) is 28.7 Å². The molecule has 0 fully saturated rings. The Balaban J connectivity index is 1.05. The highest BCUT2D eigenvalue weighted by atomic mass is 15.3.